The summed E-state index contributed by atoms with van der Waals surface area (Å²) in [5.74, 6) is -0.594. The maximum Gasteiger partial charge on any atom is 0.414 e. The Kier molecular flexibility index (Phi) is 6.26. The molecule has 15 heavy (non-hydrogen) atoms. The first-order valence-corrected chi connectivity index (χ1v) is 4.35. The van der Waals surface area contributed by atoms with Gasteiger partial charge in [-0.25, -0.2) is 5.48 Å². The van der Waals surface area contributed by atoms with Gasteiger partial charge in [-0.3, -0.25) is 9.63 Å². The average molecular weight is 229 g/mol. The number of rotatable bonds is 6. The van der Waals surface area contributed by atoms with E-state index < -0.39 is 18.7 Å². The van der Waals surface area contributed by atoms with Crippen LogP contribution in [0.2, 0.25) is 0 Å². The maximum atomic E-state index is 11.6. The van der Waals surface area contributed by atoms with Crippen molar-refractivity contribution in [3.05, 3.63) is 0 Å². The molecular formula is C8H14F3NO3. The molecule has 0 aliphatic rings. The quantitative estimate of drug-likeness (QED) is 0.700. The third-order valence-electron chi connectivity index (χ3n) is 1.60. The third-order valence-corrected chi connectivity index (χ3v) is 1.60. The predicted molar refractivity (Wildman–Crippen MR) is 45.9 cm³/mol. The van der Waals surface area contributed by atoms with Gasteiger partial charge in [-0.05, 0) is 13.3 Å². The monoisotopic (exact) mass is 229 g/mol. The van der Waals surface area contributed by atoms with Crippen LogP contribution in [0.5, 0.6) is 0 Å². The van der Waals surface area contributed by atoms with Crippen molar-refractivity contribution in [2.75, 3.05) is 13.7 Å². The van der Waals surface area contributed by atoms with Crippen LogP contribution in [0.3, 0.4) is 0 Å². The molecule has 0 aliphatic heterocycles. The molecule has 0 bridgehead atoms. The van der Waals surface area contributed by atoms with E-state index in [-0.39, 0.29) is 12.5 Å². The maximum absolute atomic E-state index is 11.6. The minimum atomic E-state index is -4.44. The molecule has 0 saturated carbocycles. The summed E-state index contributed by atoms with van der Waals surface area (Å²) >= 11 is 0. The van der Waals surface area contributed by atoms with E-state index in [1.165, 1.54) is 7.11 Å². The van der Waals surface area contributed by atoms with Crippen LogP contribution in [0, 0.1) is 0 Å². The van der Waals surface area contributed by atoms with Crippen LogP contribution in [0.1, 0.15) is 19.8 Å². The molecule has 1 unspecified atom stereocenters. The van der Waals surface area contributed by atoms with Gasteiger partial charge in [0.05, 0.1) is 6.10 Å². The molecule has 1 N–H and O–H groups in total. The van der Waals surface area contributed by atoms with E-state index in [4.69, 9.17) is 4.74 Å². The van der Waals surface area contributed by atoms with Crippen LogP contribution in [-0.4, -0.2) is 31.9 Å². The number of hydrogen-bond acceptors (Lipinski definition) is 3. The van der Waals surface area contributed by atoms with Crippen molar-refractivity contribution in [3.8, 4) is 0 Å². The van der Waals surface area contributed by atoms with Gasteiger partial charge in [0.1, 0.15) is 0 Å². The second kappa shape index (κ2) is 6.62. The number of alkyl halides is 3. The van der Waals surface area contributed by atoms with E-state index >= 15 is 0 Å². The molecule has 1 amide bonds. The Morgan fingerprint density at radius 1 is 1.47 bits per heavy atom. The number of hydrogen-bond donors (Lipinski definition) is 1. The number of methoxy groups -OCH3 is 1. The Morgan fingerprint density at radius 3 is 2.53 bits per heavy atom. The summed E-state index contributed by atoms with van der Waals surface area (Å²) in [4.78, 5) is 14.9. The van der Waals surface area contributed by atoms with Gasteiger partial charge in [0, 0.05) is 13.5 Å². The molecule has 0 spiro atoms. The Bertz CT molecular complexity index is 196. The molecule has 0 saturated heterocycles. The fraction of sp³-hybridized carbons (Fsp3) is 0.875. The molecule has 90 valence electrons. The molecule has 0 radical (unpaired) electrons. The number of amides is 1. The van der Waals surface area contributed by atoms with Gasteiger partial charge in [0.15, 0.2) is 6.61 Å². The summed E-state index contributed by atoms with van der Waals surface area (Å²) in [6.45, 7) is 0.266. The molecule has 0 aliphatic carbocycles. The molecule has 0 aromatic rings. The summed E-state index contributed by atoms with van der Waals surface area (Å²) in [5, 5.41) is 0. The largest absolute Gasteiger partial charge is 0.414 e. The fourth-order valence-electron chi connectivity index (χ4n) is 0.702. The second-order valence-electron chi connectivity index (χ2n) is 3.01. The van der Waals surface area contributed by atoms with Gasteiger partial charge in [0.2, 0.25) is 5.91 Å². The lowest BCUT2D eigenvalue weighted by molar-refractivity contribution is -0.191. The first-order chi connectivity index (χ1) is 6.85. The number of carbonyl (C=O) groups excluding carboxylic acids is 1. The number of halogens is 3. The summed E-state index contributed by atoms with van der Waals surface area (Å²) in [6.07, 6.45) is -4.06. The van der Waals surface area contributed by atoms with Gasteiger partial charge in [-0.15, -0.1) is 0 Å². The number of ether oxygens (including phenoxy) is 1. The van der Waals surface area contributed by atoms with E-state index in [0.29, 0.717) is 6.42 Å². The highest BCUT2D eigenvalue weighted by Gasteiger charge is 2.28. The summed E-state index contributed by atoms with van der Waals surface area (Å²) in [5.41, 5.74) is 1.70. The zero-order valence-electron chi connectivity index (χ0n) is 8.56. The van der Waals surface area contributed by atoms with Crippen molar-refractivity contribution >= 4 is 5.91 Å². The number of carbonyl (C=O) groups is 1. The highest BCUT2D eigenvalue weighted by Crippen LogP contribution is 2.13. The Balaban J connectivity index is 3.50. The summed E-state index contributed by atoms with van der Waals surface area (Å²) in [6, 6.07) is 0. The van der Waals surface area contributed by atoms with Crippen molar-refractivity contribution in [1.82, 2.24) is 5.48 Å². The standard InChI is InChI=1S/C8H14F3NO3/c1-6(14-2)3-4-7(13)12-15-5-8(9,10)11/h6H,3-5H2,1-2H3,(H,12,13). The van der Waals surface area contributed by atoms with E-state index in [1.54, 1.807) is 12.4 Å². The van der Waals surface area contributed by atoms with Gasteiger partial charge >= 0.3 is 6.18 Å². The molecule has 1 atom stereocenters. The Morgan fingerprint density at radius 2 is 2.07 bits per heavy atom. The van der Waals surface area contributed by atoms with Gasteiger partial charge < -0.3 is 4.74 Å². The average Bonchev–Trinajstić information content (AvgIpc) is 2.12. The van der Waals surface area contributed by atoms with Crippen LogP contribution in [0.4, 0.5) is 13.2 Å². The minimum Gasteiger partial charge on any atom is -0.382 e. The molecule has 0 fully saturated rings. The third kappa shape index (κ3) is 9.48. The molecular weight excluding hydrogens is 215 g/mol. The van der Waals surface area contributed by atoms with Crippen LogP contribution in [0.25, 0.3) is 0 Å². The first-order valence-electron chi connectivity index (χ1n) is 4.35. The normalized spacial score (nSPS) is 13.7. The van der Waals surface area contributed by atoms with E-state index in [9.17, 15) is 18.0 Å². The summed E-state index contributed by atoms with van der Waals surface area (Å²) in [7, 11) is 1.49. The molecule has 0 aromatic heterocycles. The van der Waals surface area contributed by atoms with E-state index in [1.807, 2.05) is 0 Å². The van der Waals surface area contributed by atoms with Crippen LogP contribution >= 0.6 is 0 Å². The van der Waals surface area contributed by atoms with Crippen molar-refractivity contribution in [2.24, 2.45) is 0 Å². The molecule has 0 rings (SSSR count). The predicted octanol–water partition coefficient (Wildman–Crippen LogP) is 1.41. The van der Waals surface area contributed by atoms with Gasteiger partial charge in [0.25, 0.3) is 0 Å². The lowest BCUT2D eigenvalue weighted by Crippen LogP contribution is -2.29. The van der Waals surface area contributed by atoms with E-state index in [0.717, 1.165) is 0 Å². The number of hydroxylamine groups is 1. The smallest absolute Gasteiger partial charge is 0.382 e. The lowest BCUT2D eigenvalue weighted by atomic mass is 10.2. The highest BCUT2D eigenvalue weighted by molar-refractivity contribution is 5.74. The highest BCUT2D eigenvalue weighted by atomic mass is 19.4. The molecule has 4 nitrogen and oxygen atoms in total. The minimum absolute atomic E-state index is 0.0624. The van der Waals surface area contributed by atoms with Crippen molar-refractivity contribution in [2.45, 2.75) is 32.0 Å². The summed E-state index contributed by atoms with van der Waals surface area (Å²) < 4.78 is 39.6. The van der Waals surface area contributed by atoms with Crippen LogP contribution < -0.4 is 5.48 Å². The van der Waals surface area contributed by atoms with Crippen LogP contribution in [0.15, 0.2) is 0 Å². The molecule has 0 heterocycles. The fourth-order valence-corrected chi connectivity index (χ4v) is 0.702. The zero-order chi connectivity index (χ0) is 11.9. The Hall–Kier alpha value is -0.820. The lowest BCUT2D eigenvalue weighted by Gasteiger charge is -2.10. The van der Waals surface area contributed by atoms with Crippen LogP contribution in [-0.2, 0) is 14.4 Å². The Labute approximate surface area is 85.7 Å². The topological polar surface area (TPSA) is 47.6 Å². The molecule has 7 heteroatoms. The van der Waals surface area contributed by atoms with Crippen molar-refractivity contribution < 1.29 is 27.5 Å². The van der Waals surface area contributed by atoms with Crippen molar-refractivity contribution in [1.29, 1.82) is 0 Å². The van der Waals surface area contributed by atoms with Crippen molar-refractivity contribution in [3.63, 3.8) is 0 Å². The second-order valence-corrected chi connectivity index (χ2v) is 3.01. The molecule has 0 aromatic carbocycles. The zero-order valence-corrected chi connectivity index (χ0v) is 8.56. The SMILES string of the molecule is COC(C)CCC(=O)NOCC(F)(F)F. The van der Waals surface area contributed by atoms with Gasteiger partial charge in [-0.2, -0.15) is 13.2 Å². The first kappa shape index (κ1) is 14.2. The van der Waals surface area contributed by atoms with E-state index in [2.05, 4.69) is 4.84 Å². The van der Waals surface area contributed by atoms with Gasteiger partial charge in [-0.1, -0.05) is 0 Å². The number of nitrogens with one attached hydrogen (secondary N) is 1.